The minimum absolute atomic E-state index is 0.0269. The Morgan fingerprint density at radius 3 is 2.87 bits per heavy atom. The number of ether oxygens (including phenoxy) is 2. The number of rotatable bonds is 5. The van der Waals surface area contributed by atoms with Gasteiger partial charge in [0.1, 0.15) is 5.69 Å². The number of nitrogens with zero attached hydrogens (tertiary/aromatic N) is 4. The molecule has 126 valence electrons. The predicted molar refractivity (Wildman–Crippen MR) is 84.3 cm³/mol. The number of fused-ring (bicyclic) bond motifs is 1. The molecule has 7 nitrogen and oxygen atoms in total. The molecule has 1 aromatic rings. The van der Waals surface area contributed by atoms with Crippen molar-refractivity contribution in [3.8, 4) is 0 Å². The summed E-state index contributed by atoms with van der Waals surface area (Å²) in [6.07, 6.45) is 4.41. The number of hydrogen-bond acceptors (Lipinski definition) is 6. The Kier molecular flexibility index (Phi) is 5.20. The number of aromatic nitrogens is 2. The molecule has 0 radical (unpaired) electrons. The first-order valence-electron chi connectivity index (χ1n) is 8.10. The van der Waals surface area contributed by atoms with Crippen molar-refractivity contribution in [2.75, 3.05) is 46.5 Å². The first-order chi connectivity index (χ1) is 11.2. The van der Waals surface area contributed by atoms with Crippen LogP contribution in [-0.4, -0.2) is 84.3 Å². The van der Waals surface area contributed by atoms with Crippen LogP contribution in [0.1, 0.15) is 22.6 Å². The first kappa shape index (κ1) is 16.3. The van der Waals surface area contributed by atoms with Gasteiger partial charge in [-0.1, -0.05) is 0 Å². The van der Waals surface area contributed by atoms with Crippen molar-refractivity contribution in [3.63, 3.8) is 0 Å². The number of aryl methyl sites for hydroxylation is 1. The average molecular weight is 320 g/mol. The van der Waals surface area contributed by atoms with Gasteiger partial charge in [-0.25, -0.2) is 4.98 Å². The molecule has 1 amide bonds. The van der Waals surface area contributed by atoms with Crippen molar-refractivity contribution in [3.05, 3.63) is 23.8 Å². The van der Waals surface area contributed by atoms with Crippen LogP contribution in [0.3, 0.4) is 0 Å². The summed E-state index contributed by atoms with van der Waals surface area (Å²) in [6.45, 7) is 6.41. The van der Waals surface area contributed by atoms with Crippen molar-refractivity contribution >= 4 is 5.91 Å². The summed E-state index contributed by atoms with van der Waals surface area (Å²) < 4.78 is 10.9. The summed E-state index contributed by atoms with van der Waals surface area (Å²) in [5.74, 6) is -0.0269. The van der Waals surface area contributed by atoms with Crippen molar-refractivity contribution in [2.24, 2.45) is 0 Å². The van der Waals surface area contributed by atoms with Gasteiger partial charge in [0.25, 0.3) is 5.91 Å². The van der Waals surface area contributed by atoms with Gasteiger partial charge in [-0.15, -0.1) is 0 Å². The molecule has 2 aliphatic heterocycles. The Hall–Kier alpha value is -1.57. The average Bonchev–Trinajstić information content (AvgIpc) is 2.97. The highest BCUT2D eigenvalue weighted by Gasteiger charge is 2.38. The fourth-order valence-corrected chi connectivity index (χ4v) is 3.26. The molecular weight excluding hydrogens is 296 g/mol. The molecule has 2 atom stereocenters. The standard InChI is InChI=1S/C16H24N4O3/c1-12-8-18-15(9-17-12)16(21)20-4-3-19-11-14(7-13(19)10-20)23-6-5-22-2/h8-9,13-14H,3-7,10-11H2,1-2H3/t13-,14+/m0/s1. The molecule has 0 bridgehead atoms. The summed E-state index contributed by atoms with van der Waals surface area (Å²) in [7, 11) is 1.68. The molecule has 0 aromatic carbocycles. The van der Waals surface area contributed by atoms with Gasteiger partial charge in [0.15, 0.2) is 0 Å². The SMILES string of the molecule is COCCO[C@@H]1C[C@H]2CN(C(=O)c3cnc(C)cn3)CCN2C1. The van der Waals surface area contributed by atoms with Crippen molar-refractivity contribution < 1.29 is 14.3 Å². The topological polar surface area (TPSA) is 67.8 Å². The van der Waals surface area contributed by atoms with Crippen molar-refractivity contribution in [2.45, 2.75) is 25.5 Å². The molecule has 23 heavy (non-hydrogen) atoms. The molecule has 0 saturated carbocycles. The van der Waals surface area contributed by atoms with E-state index in [1.54, 1.807) is 19.5 Å². The van der Waals surface area contributed by atoms with E-state index in [9.17, 15) is 4.79 Å². The van der Waals surface area contributed by atoms with Gasteiger partial charge >= 0.3 is 0 Å². The number of carbonyl (C=O) groups is 1. The molecule has 0 unspecified atom stereocenters. The Bertz CT molecular complexity index is 537. The number of carbonyl (C=O) groups excluding carboxylic acids is 1. The number of methoxy groups -OCH3 is 1. The maximum atomic E-state index is 12.5. The van der Waals surface area contributed by atoms with E-state index in [1.807, 2.05) is 11.8 Å². The summed E-state index contributed by atoms with van der Waals surface area (Å²) in [5, 5.41) is 0. The van der Waals surface area contributed by atoms with Gasteiger partial charge in [-0.05, 0) is 13.3 Å². The van der Waals surface area contributed by atoms with Gasteiger partial charge in [0.05, 0.1) is 31.2 Å². The molecule has 3 rings (SSSR count). The van der Waals surface area contributed by atoms with Gasteiger partial charge in [0, 0.05) is 45.5 Å². The lowest BCUT2D eigenvalue weighted by atomic mass is 10.1. The monoisotopic (exact) mass is 320 g/mol. The zero-order valence-corrected chi connectivity index (χ0v) is 13.8. The lowest BCUT2D eigenvalue weighted by molar-refractivity contribution is 0.0220. The Labute approximate surface area is 136 Å². The van der Waals surface area contributed by atoms with E-state index in [4.69, 9.17) is 9.47 Å². The Balaban J connectivity index is 1.55. The third-order valence-electron chi connectivity index (χ3n) is 4.51. The van der Waals surface area contributed by atoms with Crippen LogP contribution in [0.15, 0.2) is 12.4 Å². The maximum Gasteiger partial charge on any atom is 0.274 e. The second-order valence-electron chi connectivity index (χ2n) is 6.16. The van der Waals surface area contributed by atoms with E-state index in [0.29, 0.717) is 24.9 Å². The van der Waals surface area contributed by atoms with Crippen LogP contribution in [0.4, 0.5) is 0 Å². The normalized spacial score (nSPS) is 24.7. The minimum atomic E-state index is -0.0269. The lowest BCUT2D eigenvalue weighted by Crippen LogP contribution is -2.52. The molecule has 1 aromatic heterocycles. The van der Waals surface area contributed by atoms with E-state index in [1.165, 1.54) is 0 Å². The quantitative estimate of drug-likeness (QED) is 0.729. The van der Waals surface area contributed by atoms with E-state index in [-0.39, 0.29) is 12.0 Å². The summed E-state index contributed by atoms with van der Waals surface area (Å²) >= 11 is 0. The van der Waals surface area contributed by atoms with E-state index >= 15 is 0 Å². The van der Waals surface area contributed by atoms with E-state index in [2.05, 4.69) is 14.9 Å². The summed E-state index contributed by atoms with van der Waals surface area (Å²) in [4.78, 5) is 25.2. The molecule has 7 heteroatoms. The highest BCUT2D eigenvalue weighted by molar-refractivity contribution is 5.92. The van der Waals surface area contributed by atoms with Crippen LogP contribution in [0.5, 0.6) is 0 Å². The fourth-order valence-electron chi connectivity index (χ4n) is 3.26. The molecular formula is C16H24N4O3. The summed E-state index contributed by atoms with van der Waals surface area (Å²) in [6, 6.07) is 0.374. The van der Waals surface area contributed by atoms with Gasteiger partial charge in [-0.2, -0.15) is 0 Å². The smallest absolute Gasteiger partial charge is 0.274 e. The Morgan fingerprint density at radius 1 is 1.26 bits per heavy atom. The molecule has 2 aliphatic rings. The highest BCUT2D eigenvalue weighted by Crippen LogP contribution is 2.24. The van der Waals surface area contributed by atoms with Gasteiger partial charge in [0.2, 0.25) is 0 Å². The van der Waals surface area contributed by atoms with Crippen molar-refractivity contribution in [1.29, 1.82) is 0 Å². The number of amides is 1. The first-order valence-corrected chi connectivity index (χ1v) is 8.10. The predicted octanol–water partition coefficient (Wildman–Crippen LogP) is 0.347. The van der Waals surface area contributed by atoms with Crippen LogP contribution in [0, 0.1) is 6.92 Å². The third kappa shape index (κ3) is 3.85. The molecule has 0 N–H and O–H groups in total. The lowest BCUT2D eigenvalue weighted by Gasteiger charge is -2.37. The van der Waals surface area contributed by atoms with Gasteiger partial charge < -0.3 is 14.4 Å². The number of piperazine rings is 1. The molecule has 3 heterocycles. The molecule has 2 saturated heterocycles. The van der Waals surface area contributed by atoms with Crippen molar-refractivity contribution in [1.82, 2.24) is 19.8 Å². The van der Waals surface area contributed by atoms with Crippen LogP contribution in [0.25, 0.3) is 0 Å². The van der Waals surface area contributed by atoms with E-state index in [0.717, 1.165) is 38.3 Å². The van der Waals surface area contributed by atoms with Crippen LogP contribution >= 0.6 is 0 Å². The van der Waals surface area contributed by atoms with E-state index < -0.39 is 0 Å². The summed E-state index contributed by atoms with van der Waals surface area (Å²) in [5.41, 5.74) is 1.24. The zero-order chi connectivity index (χ0) is 16.2. The molecule has 0 spiro atoms. The third-order valence-corrected chi connectivity index (χ3v) is 4.51. The fraction of sp³-hybridized carbons (Fsp3) is 0.688. The van der Waals surface area contributed by atoms with Crippen LogP contribution < -0.4 is 0 Å². The molecule has 2 fully saturated rings. The minimum Gasteiger partial charge on any atom is -0.382 e. The number of hydrogen-bond donors (Lipinski definition) is 0. The molecule has 0 aliphatic carbocycles. The largest absolute Gasteiger partial charge is 0.382 e. The Morgan fingerprint density at radius 2 is 2.13 bits per heavy atom. The highest BCUT2D eigenvalue weighted by atomic mass is 16.5. The van der Waals surface area contributed by atoms with Crippen LogP contribution in [-0.2, 0) is 9.47 Å². The maximum absolute atomic E-state index is 12.5. The van der Waals surface area contributed by atoms with Gasteiger partial charge in [-0.3, -0.25) is 14.7 Å². The second-order valence-corrected chi connectivity index (χ2v) is 6.16. The zero-order valence-electron chi connectivity index (χ0n) is 13.8. The second kappa shape index (κ2) is 7.33. The van der Waals surface area contributed by atoms with Crippen LogP contribution in [0.2, 0.25) is 0 Å².